The Morgan fingerprint density at radius 2 is 2.11 bits per heavy atom. The molecule has 0 N–H and O–H groups in total. The van der Waals surface area contributed by atoms with Gasteiger partial charge in [-0.3, -0.25) is 0 Å². The summed E-state index contributed by atoms with van der Waals surface area (Å²) >= 11 is 6.17. The Labute approximate surface area is 119 Å². The summed E-state index contributed by atoms with van der Waals surface area (Å²) in [6.07, 6.45) is 5.33. The molecule has 1 aromatic carbocycles. The minimum absolute atomic E-state index is 0.0680. The molecule has 2 heterocycles. The van der Waals surface area contributed by atoms with Crippen molar-refractivity contribution >= 4 is 22.5 Å². The number of hydrogen-bond donors (Lipinski definition) is 0. The van der Waals surface area contributed by atoms with Gasteiger partial charge in [0.05, 0.1) is 11.7 Å². The molecule has 104 valence electrons. The van der Waals surface area contributed by atoms with E-state index in [0.717, 1.165) is 40.9 Å². The molecule has 3 rings (SSSR count). The largest absolute Gasteiger partial charge is 0.356 e. The standard InChI is InChI=1S/C13H15ClN2O.C2H6/c1-9-11(14)6-5-10-8-15-16(13(9)10)12-4-2-3-7-17-12;1-2/h5-6,8,12H,2-4,7H2,1H3;1-2H3. The number of halogens is 1. The fourth-order valence-electron chi connectivity index (χ4n) is 2.42. The van der Waals surface area contributed by atoms with Crippen LogP contribution < -0.4 is 0 Å². The van der Waals surface area contributed by atoms with Crippen molar-refractivity contribution in [1.82, 2.24) is 9.78 Å². The van der Waals surface area contributed by atoms with Gasteiger partial charge in [0.1, 0.15) is 0 Å². The molecule has 1 aliphatic heterocycles. The molecule has 0 amide bonds. The first kappa shape index (κ1) is 14.4. The van der Waals surface area contributed by atoms with Gasteiger partial charge >= 0.3 is 0 Å². The fraction of sp³-hybridized carbons (Fsp3) is 0.533. The number of rotatable bonds is 1. The van der Waals surface area contributed by atoms with E-state index in [2.05, 4.69) is 5.10 Å². The van der Waals surface area contributed by atoms with Crippen LogP contribution in [0.3, 0.4) is 0 Å². The molecule has 1 atom stereocenters. The number of benzene rings is 1. The van der Waals surface area contributed by atoms with Crippen LogP contribution in [0.1, 0.15) is 44.9 Å². The monoisotopic (exact) mass is 280 g/mol. The molecule has 0 spiro atoms. The summed E-state index contributed by atoms with van der Waals surface area (Å²) in [7, 11) is 0. The number of aromatic nitrogens is 2. The van der Waals surface area contributed by atoms with Gasteiger partial charge in [0.15, 0.2) is 6.23 Å². The van der Waals surface area contributed by atoms with Gasteiger partial charge in [0.25, 0.3) is 0 Å². The summed E-state index contributed by atoms with van der Waals surface area (Å²) in [5.74, 6) is 0. The Balaban J connectivity index is 0.000000637. The summed E-state index contributed by atoms with van der Waals surface area (Å²) in [6.45, 7) is 6.86. The molecule has 2 aromatic rings. The highest BCUT2D eigenvalue weighted by atomic mass is 35.5. The minimum Gasteiger partial charge on any atom is -0.356 e. The Hall–Kier alpha value is -1.06. The highest BCUT2D eigenvalue weighted by Crippen LogP contribution is 2.30. The van der Waals surface area contributed by atoms with Crippen LogP contribution in [0.25, 0.3) is 10.9 Å². The van der Waals surface area contributed by atoms with E-state index in [9.17, 15) is 0 Å². The molecular weight excluding hydrogens is 260 g/mol. The molecule has 1 unspecified atom stereocenters. The molecule has 1 aliphatic rings. The van der Waals surface area contributed by atoms with Gasteiger partial charge in [-0.2, -0.15) is 5.10 Å². The van der Waals surface area contributed by atoms with Crippen LogP contribution in [0, 0.1) is 6.92 Å². The van der Waals surface area contributed by atoms with Gasteiger partial charge in [0.2, 0.25) is 0 Å². The Morgan fingerprint density at radius 3 is 2.79 bits per heavy atom. The first-order valence-corrected chi connectivity index (χ1v) is 7.39. The second-order valence-electron chi connectivity index (χ2n) is 4.52. The van der Waals surface area contributed by atoms with Crippen molar-refractivity contribution < 1.29 is 4.74 Å². The van der Waals surface area contributed by atoms with Crippen LogP contribution in [-0.2, 0) is 4.74 Å². The molecule has 0 bridgehead atoms. The zero-order valence-corrected chi connectivity index (χ0v) is 12.6. The smallest absolute Gasteiger partial charge is 0.150 e. The number of nitrogens with zero attached hydrogens (tertiary/aromatic N) is 2. The lowest BCUT2D eigenvalue weighted by atomic mass is 10.1. The van der Waals surface area contributed by atoms with E-state index in [1.54, 1.807) is 0 Å². The van der Waals surface area contributed by atoms with Crippen molar-refractivity contribution in [2.24, 2.45) is 0 Å². The Bertz CT molecular complexity index is 544. The summed E-state index contributed by atoms with van der Waals surface area (Å²) in [5, 5.41) is 6.37. The molecule has 0 radical (unpaired) electrons. The fourth-order valence-corrected chi connectivity index (χ4v) is 2.57. The molecular formula is C15H21ClN2O. The van der Waals surface area contributed by atoms with Gasteiger partial charge < -0.3 is 4.74 Å². The minimum atomic E-state index is 0.0680. The van der Waals surface area contributed by atoms with Crippen molar-refractivity contribution in [3.63, 3.8) is 0 Å². The Kier molecular flexibility index (Phi) is 4.83. The molecule has 1 aromatic heterocycles. The van der Waals surface area contributed by atoms with Crippen molar-refractivity contribution in [2.45, 2.75) is 46.3 Å². The third kappa shape index (κ3) is 2.77. The maximum absolute atomic E-state index is 6.17. The van der Waals surface area contributed by atoms with Crippen LogP contribution in [0.2, 0.25) is 5.02 Å². The molecule has 1 saturated heterocycles. The summed E-state index contributed by atoms with van der Waals surface area (Å²) in [5.41, 5.74) is 2.18. The van der Waals surface area contributed by atoms with Gasteiger partial charge in [-0.05, 0) is 43.9 Å². The van der Waals surface area contributed by atoms with Gasteiger partial charge in [0, 0.05) is 17.0 Å². The van der Waals surface area contributed by atoms with E-state index in [4.69, 9.17) is 16.3 Å². The van der Waals surface area contributed by atoms with Gasteiger partial charge in [-0.15, -0.1) is 0 Å². The SMILES string of the molecule is CC.Cc1c(Cl)ccc2cnn(C3CCCCO3)c12. The number of hydrogen-bond acceptors (Lipinski definition) is 2. The van der Waals surface area contributed by atoms with E-state index < -0.39 is 0 Å². The summed E-state index contributed by atoms with van der Waals surface area (Å²) < 4.78 is 7.76. The first-order chi connectivity index (χ1) is 9.27. The average molecular weight is 281 g/mol. The molecule has 1 fully saturated rings. The molecule has 4 heteroatoms. The molecule has 19 heavy (non-hydrogen) atoms. The zero-order chi connectivity index (χ0) is 13.8. The summed E-state index contributed by atoms with van der Waals surface area (Å²) in [4.78, 5) is 0. The van der Waals surface area contributed by atoms with E-state index in [0.29, 0.717) is 0 Å². The molecule has 3 nitrogen and oxygen atoms in total. The van der Waals surface area contributed by atoms with Crippen molar-refractivity contribution in [3.05, 3.63) is 28.9 Å². The van der Waals surface area contributed by atoms with E-state index in [1.165, 1.54) is 6.42 Å². The third-order valence-corrected chi connectivity index (χ3v) is 3.78. The molecule has 0 aliphatic carbocycles. The van der Waals surface area contributed by atoms with Crippen LogP contribution in [-0.4, -0.2) is 16.4 Å². The van der Waals surface area contributed by atoms with Crippen LogP contribution in [0.5, 0.6) is 0 Å². The van der Waals surface area contributed by atoms with E-state index in [1.807, 2.05) is 43.8 Å². The maximum Gasteiger partial charge on any atom is 0.150 e. The lowest BCUT2D eigenvalue weighted by Crippen LogP contribution is -2.19. The van der Waals surface area contributed by atoms with Gasteiger partial charge in [-0.25, -0.2) is 4.68 Å². The number of aryl methyl sites for hydroxylation is 1. The van der Waals surface area contributed by atoms with Crippen molar-refractivity contribution in [3.8, 4) is 0 Å². The highest BCUT2D eigenvalue weighted by Gasteiger charge is 2.19. The van der Waals surface area contributed by atoms with Gasteiger partial charge in [-0.1, -0.05) is 25.4 Å². The highest BCUT2D eigenvalue weighted by molar-refractivity contribution is 6.32. The quantitative estimate of drug-likeness (QED) is 0.755. The second kappa shape index (κ2) is 6.40. The van der Waals surface area contributed by atoms with Crippen molar-refractivity contribution in [1.29, 1.82) is 0 Å². The predicted molar refractivity (Wildman–Crippen MR) is 79.7 cm³/mol. The molecule has 0 saturated carbocycles. The normalized spacial score (nSPS) is 19.1. The van der Waals surface area contributed by atoms with Crippen LogP contribution in [0.4, 0.5) is 0 Å². The van der Waals surface area contributed by atoms with Crippen LogP contribution >= 0.6 is 11.6 Å². The predicted octanol–water partition coefficient (Wildman–Crippen LogP) is 4.72. The van der Waals surface area contributed by atoms with E-state index in [-0.39, 0.29) is 6.23 Å². The van der Waals surface area contributed by atoms with Crippen LogP contribution in [0.15, 0.2) is 18.3 Å². The van der Waals surface area contributed by atoms with E-state index >= 15 is 0 Å². The second-order valence-corrected chi connectivity index (χ2v) is 4.93. The maximum atomic E-state index is 6.17. The lowest BCUT2D eigenvalue weighted by molar-refractivity contribution is -0.0367. The topological polar surface area (TPSA) is 27.1 Å². The zero-order valence-electron chi connectivity index (χ0n) is 11.8. The Morgan fingerprint density at radius 1 is 1.32 bits per heavy atom. The van der Waals surface area contributed by atoms with Crippen molar-refractivity contribution in [2.75, 3.05) is 6.61 Å². The summed E-state index contributed by atoms with van der Waals surface area (Å²) in [6, 6.07) is 3.93. The first-order valence-electron chi connectivity index (χ1n) is 7.01. The number of ether oxygens (including phenoxy) is 1. The third-order valence-electron chi connectivity index (χ3n) is 3.37. The average Bonchev–Trinajstić information content (AvgIpc) is 2.91. The number of fused-ring (bicyclic) bond motifs is 1. The lowest BCUT2D eigenvalue weighted by Gasteiger charge is -2.24.